The molecule has 3 aliphatic rings. The molecule has 7 nitrogen and oxygen atoms in total. The smallest absolute Gasteiger partial charge is 0.228 e. The SMILES string of the molecule is CCOc1ccnc(N2C[C@H]3C[C@@H](N4CCN(C)CC4)[C@H](O)C[C@H]3C2)n1. The summed E-state index contributed by atoms with van der Waals surface area (Å²) in [6, 6.07) is 2.11. The Hall–Kier alpha value is -1.44. The maximum absolute atomic E-state index is 10.8. The maximum atomic E-state index is 10.8. The van der Waals surface area contributed by atoms with Crippen LogP contribution in [0.25, 0.3) is 0 Å². The zero-order chi connectivity index (χ0) is 18.1. The van der Waals surface area contributed by atoms with Gasteiger partial charge in [0.2, 0.25) is 11.8 Å². The fourth-order valence-corrected chi connectivity index (χ4v) is 4.83. The fourth-order valence-electron chi connectivity index (χ4n) is 4.83. The van der Waals surface area contributed by atoms with Gasteiger partial charge < -0.3 is 19.6 Å². The number of likely N-dealkylation sites (N-methyl/N-ethyl adjacent to an activating group) is 1. The summed E-state index contributed by atoms with van der Waals surface area (Å²) in [6.07, 6.45) is 3.54. The average Bonchev–Trinajstić information content (AvgIpc) is 3.05. The number of piperazine rings is 1. The molecule has 144 valence electrons. The third-order valence-electron chi connectivity index (χ3n) is 6.31. The van der Waals surface area contributed by atoms with Crippen molar-refractivity contribution in [1.29, 1.82) is 0 Å². The Morgan fingerprint density at radius 2 is 1.88 bits per heavy atom. The van der Waals surface area contributed by atoms with Crippen molar-refractivity contribution in [1.82, 2.24) is 19.8 Å². The average molecular weight is 361 g/mol. The quantitative estimate of drug-likeness (QED) is 0.847. The van der Waals surface area contributed by atoms with E-state index in [4.69, 9.17) is 4.74 Å². The highest BCUT2D eigenvalue weighted by molar-refractivity contribution is 5.34. The first-order valence-corrected chi connectivity index (χ1v) is 9.95. The van der Waals surface area contributed by atoms with Crippen LogP contribution < -0.4 is 9.64 Å². The van der Waals surface area contributed by atoms with E-state index in [1.165, 1.54) is 0 Å². The Morgan fingerprint density at radius 1 is 1.15 bits per heavy atom. The normalized spacial score (nSPS) is 33.3. The molecule has 26 heavy (non-hydrogen) atoms. The molecule has 4 rings (SSSR count). The van der Waals surface area contributed by atoms with Crippen LogP contribution in [-0.2, 0) is 0 Å². The third-order valence-corrected chi connectivity index (χ3v) is 6.31. The zero-order valence-electron chi connectivity index (χ0n) is 15.9. The lowest BCUT2D eigenvalue weighted by Gasteiger charge is -2.44. The number of hydrogen-bond donors (Lipinski definition) is 1. The molecule has 4 atom stereocenters. The lowest BCUT2D eigenvalue weighted by Crippen LogP contribution is -2.55. The molecule has 7 heteroatoms. The zero-order valence-corrected chi connectivity index (χ0v) is 15.9. The number of hydrogen-bond acceptors (Lipinski definition) is 7. The minimum absolute atomic E-state index is 0.213. The van der Waals surface area contributed by atoms with Crippen molar-refractivity contribution in [2.24, 2.45) is 11.8 Å². The molecule has 1 N–H and O–H groups in total. The summed E-state index contributed by atoms with van der Waals surface area (Å²) < 4.78 is 5.52. The topological polar surface area (TPSA) is 65.0 Å². The molecule has 0 spiro atoms. The molecule has 2 aliphatic heterocycles. The summed E-state index contributed by atoms with van der Waals surface area (Å²) >= 11 is 0. The van der Waals surface area contributed by atoms with Gasteiger partial charge in [0.05, 0.1) is 12.7 Å². The minimum atomic E-state index is -0.213. The second kappa shape index (κ2) is 7.66. The molecule has 0 amide bonds. The standard InChI is InChI=1S/C19H31N5O2/c1-3-26-18-4-5-20-19(21-18)24-12-14-10-16(17(25)11-15(14)13-24)23-8-6-22(2)7-9-23/h4-5,14-17,25H,3,6-13H2,1-2H3/t14-,15+,16-,17-/m1/s1. The van der Waals surface area contributed by atoms with Gasteiger partial charge in [-0.1, -0.05) is 0 Å². The van der Waals surface area contributed by atoms with Gasteiger partial charge in [0.15, 0.2) is 0 Å². The van der Waals surface area contributed by atoms with Crippen LogP contribution in [0, 0.1) is 11.8 Å². The van der Waals surface area contributed by atoms with Crippen molar-refractivity contribution in [2.75, 3.05) is 57.8 Å². The van der Waals surface area contributed by atoms with Crippen LogP contribution >= 0.6 is 0 Å². The molecule has 0 aromatic carbocycles. The summed E-state index contributed by atoms with van der Waals surface area (Å²) in [5.41, 5.74) is 0. The van der Waals surface area contributed by atoms with Crippen molar-refractivity contribution in [2.45, 2.75) is 31.9 Å². The highest BCUT2D eigenvalue weighted by Crippen LogP contribution is 2.39. The molecule has 0 unspecified atom stereocenters. The number of fused-ring (bicyclic) bond motifs is 1. The van der Waals surface area contributed by atoms with Gasteiger partial charge in [-0.3, -0.25) is 4.90 Å². The first-order valence-electron chi connectivity index (χ1n) is 9.95. The number of rotatable bonds is 4. The van der Waals surface area contributed by atoms with Gasteiger partial charge in [0.1, 0.15) is 0 Å². The number of anilines is 1. The van der Waals surface area contributed by atoms with Crippen molar-refractivity contribution in [3.05, 3.63) is 12.3 Å². The van der Waals surface area contributed by atoms with E-state index < -0.39 is 0 Å². The molecule has 0 radical (unpaired) electrons. The van der Waals surface area contributed by atoms with E-state index in [9.17, 15) is 5.11 Å². The highest BCUT2D eigenvalue weighted by atomic mass is 16.5. The molecule has 1 aromatic heterocycles. The first kappa shape index (κ1) is 17.9. The van der Waals surface area contributed by atoms with Gasteiger partial charge in [0.25, 0.3) is 0 Å². The monoisotopic (exact) mass is 361 g/mol. The molecule has 2 saturated heterocycles. The Bertz CT molecular complexity index is 607. The van der Waals surface area contributed by atoms with Crippen molar-refractivity contribution >= 4 is 5.95 Å². The van der Waals surface area contributed by atoms with E-state index in [1.54, 1.807) is 6.20 Å². The van der Waals surface area contributed by atoms with E-state index in [1.807, 2.05) is 13.0 Å². The number of aliphatic hydroxyl groups excluding tert-OH is 1. The van der Waals surface area contributed by atoms with Crippen molar-refractivity contribution < 1.29 is 9.84 Å². The van der Waals surface area contributed by atoms with Crippen LogP contribution in [-0.4, -0.2) is 89.9 Å². The van der Waals surface area contributed by atoms with Gasteiger partial charge in [-0.25, -0.2) is 4.98 Å². The summed E-state index contributed by atoms with van der Waals surface area (Å²) in [5, 5.41) is 10.8. The van der Waals surface area contributed by atoms with Crippen LogP contribution in [0.3, 0.4) is 0 Å². The highest BCUT2D eigenvalue weighted by Gasteiger charge is 2.44. The summed E-state index contributed by atoms with van der Waals surface area (Å²) in [4.78, 5) is 16.2. The Morgan fingerprint density at radius 3 is 2.62 bits per heavy atom. The second-order valence-electron chi connectivity index (χ2n) is 8.00. The number of aliphatic hydroxyl groups is 1. The Kier molecular flexibility index (Phi) is 5.29. The van der Waals surface area contributed by atoms with Crippen LogP contribution in [0.15, 0.2) is 12.3 Å². The number of ether oxygens (including phenoxy) is 1. The first-order chi connectivity index (χ1) is 12.6. The predicted octanol–water partition coefficient (Wildman–Crippen LogP) is 0.698. The molecule has 0 bridgehead atoms. The van der Waals surface area contributed by atoms with Gasteiger partial charge >= 0.3 is 0 Å². The van der Waals surface area contributed by atoms with E-state index in [0.717, 1.165) is 58.1 Å². The largest absolute Gasteiger partial charge is 0.478 e. The van der Waals surface area contributed by atoms with E-state index in [0.29, 0.717) is 30.4 Å². The van der Waals surface area contributed by atoms with Crippen molar-refractivity contribution in [3.8, 4) is 5.88 Å². The minimum Gasteiger partial charge on any atom is -0.478 e. The molecule has 3 heterocycles. The van der Waals surface area contributed by atoms with Crippen LogP contribution in [0.2, 0.25) is 0 Å². The summed E-state index contributed by atoms with van der Waals surface area (Å²) in [5.74, 6) is 2.55. The van der Waals surface area contributed by atoms with Gasteiger partial charge in [-0.2, -0.15) is 4.98 Å². The van der Waals surface area contributed by atoms with Crippen LogP contribution in [0.1, 0.15) is 19.8 Å². The number of nitrogens with zero attached hydrogens (tertiary/aromatic N) is 5. The predicted molar refractivity (Wildman–Crippen MR) is 100 cm³/mol. The van der Waals surface area contributed by atoms with Gasteiger partial charge in [-0.15, -0.1) is 0 Å². The third kappa shape index (κ3) is 3.66. The number of aromatic nitrogens is 2. The summed E-state index contributed by atoms with van der Waals surface area (Å²) in [6.45, 7) is 8.83. The second-order valence-corrected chi connectivity index (χ2v) is 8.00. The van der Waals surface area contributed by atoms with Crippen molar-refractivity contribution in [3.63, 3.8) is 0 Å². The van der Waals surface area contributed by atoms with Gasteiger partial charge in [0, 0.05) is 57.6 Å². The summed E-state index contributed by atoms with van der Waals surface area (Å²) in [7, 11) is 2.18. The maximum Gasteiger partial charge on any atom is 0.228 e. The van der Waals surface area contributed by atoms with E-state index in [2.05, 4.69) is 31.7 Å². The molecule has 1 saturated carbocycles. The molecule has 1 aromatic rings. The lowest BCUT2D eigenvalue weighted by atomic mass is 9.77. The Balaban J connectivity index is 1.41. The van der Waals surface area contributed by atoms with E-state index in [-0.39, 0.29) is 6.10 Å². The Labute approximate surface area is 156 Å². The van der Waals surface area contributed by atoms with Crippen LogP contribution in [0.4, 0.5) is 5.95 Å². The van der Waals surface area contributed by atoms with E-state index >= 15 is 0 Å². The molecular formula is C19H31N5O2. The molecule has 3 fully saturated rings. The fraction of sp³-hybridized carbons (Fsp3) is 0.789. The van der Waals surface area contributed by atoms with Gasteiger partial charge in [-0.05, 0) is 38.6 Å². The lowest BCUT2D eigenvalue weighted by molar-refractivity contribution is -0.0249. The molecule has 1 aliphatic carbocycles. The van der Waals surface area contributed by atoms with Crippen LogP contribution in [0.5, 0.6) is 5.88 Å². The molecular weight excluding hydrogens is 330 g/mol.